The van der Waals surface area contributed by atoms with Crippen molar-refractivity contribution in [3.05, 3.63) is 22.2 Å². The summed E-state index contributed by atoms with van der Waals surface area (Å²) in [6.07, 6.45) is 0. The van der Waals surface area contributed by atoms with Crippen LogP contribution in [0.4, 0.5) is 18.9 Å². The Labute approximate surface area is 104 Å². The number of alkyl halides is 3. The first-order valence-corrected chi connectivity index (χ1v) is 6.31. The molecule has 2 N–H and O–H groups in total. The van der Waals surface area contributed by atoms with Crippen LogP contribution in [-0.4, -0.2) is 13.9 Å². The maximum atomic E-state index is 12.1. The molecule has 0 fully saturated rings. The Morgan fingerprint density at radius 3 is 2.35 bits per heavy atom. The Hall–Kier alpha value is -0.960. The van der Waals surface area contributed by atoms with Crippen LogP contribution < -0.4 is 9.92 Å². The zero-order chi connectivity index (χ0) is 13.4. The first-order chi connectivity index (χ1) is 7.54. The lowest BCUT2D eigenvalue weighted by atomic mass is 10.2. The highest BCUT2D eigenvalue weighted by Crippen LogP contribution is 2.33. The van der Waals surface area contributed by atoms with Crippen LogP contribution in [0.2, 0.25) is 0 Å². The zero-order valence-corrected chi connectivity index (χ0v) is 10.8. The molecule has 1 rings (SSSR count). The Bertz CT molecular complexity index is 542. The summed E-state index contributed by atoms with van der Waals surface area (Å²) in [5.41, 5.74) is 0.148. The van der Waals surface area contributed by atoms with Crippen molar-refractivity contribution in [3.8, 4) is 5.75 Å². The molecule has 1 aromatic carbocycles. The fourth-order valence-electron chi connectivity index (χ4n) is 0.908. The summed E-state index contributed by atoms with van der Waals surface area (Å²) in [5.74, 6) is -0.553. The summed E-state index contributed by atoms with van der Waals surface area (Å²) >= 11 is 3.09. The van der Waals surface area contributed by atoms with Crippen molar-refractivity contribution in [2.45, 2.75) is 12.4 Å². The number of hydrogen-bond donors (Lipinski definition) is 1. The van der Waals surface area contributed by atoms with E-state index in [4.69, 9.17) is 5.73 Å². The third kappa shape index (κ3) is 3.03. The molecule has 0 spiro atoms. The SMILES string of the molecule is Cc1cc(OS(=O)(=O)C(F)(F)F)c(N)cc1Br. The van der Waals surface area contributed by atoms with Crippen LogP contribution >= 0.6 is 15.9 Å². The van der Waals surface area contributed by atoms with E-state index in [1.54, 1.807) is 6.92 Å². The molecule has 9 heteroatoms. The van der Waals surface area contributed by atoms with Gasteiger partial charge in [-0.3, -0.25) is 0 Å². The molecule has 0 saturated carbocycles. The lowest BCUT2D eigenvalue weighted by Gasteiger charge is -2.12. The van der Waals surface area contributed by atoms with E-state index in [1.165, 1.54) is 6.07 Å². The number of benzene rings is 1. The molecule has 4 nitrogen and oxygen atoms in total. The summed E-state index contributed by atoms with van der Waals surface area (Å²) < 4.78 is 62.2. The second-order valence-corrected chi connectivity index (χ2v) is 5.51. The summed E-state index contributed by atoms with van der Waals surface area (Å²) in [5, 5.41) is 0. The average molecular weight is 334 g/mol. The van der Waals surface area contributed by atoms with E-state index < -0.39 is 21.4 Å². The first kappa shape index (κ1) is 14.1. The van der Waals surface area contributed by atoms with E-state index in [0.717, 1.165) is 6.07 Å². The zero-order valence-electron chi connectivity index (χ0n) is 8.38. The Kier molecular flexibility index (Phi) is 3.63. The van der Waals surface area contributed by atoms with E-state index in [0.29, 0.717) is 10.0 Å². The Balaban J connectivity index is 3.18. The van der Waals surface area contributed by atoms with Gasteiger partial charge in [-0.05, 0) is 24.6 Å². The molecule has 0 heterocycles. The molecule has 0 bridgehead atoms. The quantitative estimate of drug-likeness (QED) is 0.513. The molecule has 0 aliphatic heterocycles. The van der Waals surface area contributed by atoms with Crippen LogP contribution in [0.25, 0.3) is 0 Å². The number of nitrogen functional groups attached to an aromatic ring is 1. The largest absolute Gasteiger partial charge is 0.534 e. The third-order valence-corrected chi connectivity index (χ3v) is 3.59. The number of anilines is 1. The molecule has 0 aromatic heterocycles. The van der Waals surface area contributed by atoms with Gasteiger partial charge in [-0.1, -0.05) is 15.9 Å². The number of hydrogen-bond acceptors (Lipinski definition) is 4. The van der Waals surface area contributed by atoms with Crippen LogP contribution in [0, 0.1) is 6.92 Å². The molecule has 96 valence electrons. The second kappa shape index (κ2) is 4.37. The van der Waals surface area contributed by atoms with E-state index in [9.17, 15) is 21.6 Å². The van der Waals surface area contributed by atoms with Gasteiger partial charge in [-0.25, -0.2) is 0 Å². The predicted octanol–water partition coefficient (Wildman–Crippen LogP) is 2.57. The monoisotopic (exact) mass is 333 g/mol. The number of nitrogens with two attached hydrogens (primary N) is 1. The minimum atomic E-state index is -5.70. The van der Waals surface area contributed by atoms with Gasteiger partial charge in [0.25, 0.3) is 0 Å². The van der Waals surface area contributed by atoms with Crippen LogP contribution in [0.5, 0.6) is 5.75 Å². The number of rotatable bonds is 2. The van der Waals surface area contributed by atoms with Crippen LogP contribution in [0.3, 0.4) is 0 Å². The third-order valence-electron chi connectivity index (χ3n) is 1.77. The molecular formula is C8H7BrF3NO3S. The van der Waals surface area contributed by atoms with Gasteiger partial charge < -0.3 is 9.92 Å². The molecule has 0 atom stereocenters. The summed E-state index contributed by atoms with van der Waals surface area (Å²) in [6.45, 7) is 1.55. The molecule has 0 aliphatic rings. The molecule has 0 aliphatic carbocycles. The van der Waals surface area contributed by atoms with Crippen molar-refractivity contribution in [3.63, 3.8) is 0 Å². The van der Waals surface area contributed by atoms with Crippen molar-refractivity contribution in [1.29, 1.82) is 0 Å². The minimum absolute atomic E-state index is 0.213. The van der Waals surface area contributed by atoms with E-state index in [1.807, 2.05) is 0 Å². The molecular weight excluding hydrogens is 327 g/mol. The van der Waals surface area contributed by atoms with Crippen LogP contribution in [0.1, 0.15) is 5.56 Å². The first-order valence-electron chi connectivity index (χ1n) is 4.11. The van der Waals surface area contributed by atoms with Crippen LogP contribution in [-0.2, 0) is 10.1 Å². The maximum absolute atomic E-state index is 12.1. The van der Waals surface area contributed by atoms with Crippen molar-refractivity contribution < 1.29 is 25.8 Å². The number of aryl methyl sites for hydroxylation is 1. The van der Waals surface area contributed by atoms with Crippen molar-refractivity contribution >= 4 is 31.7 Å². The maximum Gasteiger partial charge on any atom is 0.534 e. The minimum Gasteiger partial charge on any atom is -0.396 e. The second-order valence-electron chi connectivity index (χ2n) is 3.12. The Morgan fingerprint density at radius 1 is 1.35 bits per heavy atom. The van der Waals surface area contributed by atoms with Gasteiger partial charge in [-0.15, -0.1) is 0 Å². The van der Waals surface area contributed by atoms with Gasteiger partial charge >= 0.3 is 15.6 Å². The average Bonchev–Trinajstić information content (AvgIpc) is 2.12. The van der Waals surface area contributed by atoms with Gasteiger partial charge in [0.1, 0.15) is 0 Å². The van der Waals surface area contributed by atoms with Crippen molar-refractivity contribution in [2.75, 3.05) is 5.73 Å². The van der Waals surface area contributed by atoms with Gasteiger partial charge in [0.15, 0.2) is 5.75 Å². The van der Waals surface area contributed by atoms with Gasteiger partial charge in [-0.2, -0.15) is 21.6 Å². The Morgan fingerprint density at radius 2 is 1.88 bits per heavy atom. The summed E-state index contributed by atoms with van der Waals surface area (Å²) in [6, 6.07) is 2.36. The highest BCUT2D eigenvalue weighted by atomic mass is 79.9. The highest BCUT2D eigenvalue weighted by Gasteiger charge is 2.48. The fraction of sp³-hybridized carbons (Fsp3) is 0.250. The highest BCUT2D eigenvalue weighted by molar-refractivity contribution is 9.10. The van der Waals surface area contributed by atoms with Crippen molar-refractivity contribution in [2.24, 2.45) is 0 Å². The van der Waals surface area contributed by atoms with Gasteiger partial charge in [0.05, 0.1) is 5.69 Å². The van der Waals surface area contributed by atoms with E-state index >= 15 is 0 Å². The topological polar surface area (TPSA) is 69.4 Å². The molecule has 0 radical (unpaired) electrons. The predicted molar refractivity (Wildman–Crippen MR) is 58.9 cm³/mol. The van der Waals surface area contributed by atoms with E-state index in [2.05, 4.69) is 20.1 Å². The lowest BCUT2D eigenvalue weighted by Crippen LogP contribution is -2.28. The van der Waals surface area contributed by atoms with Crippen molar-refractivity contribution in [1.82, 2.24) is 0 Å². The molecule has 0 amide bonds. The number of halogens is 4. The standard InChI is InChI=1S/C8H7BrF3NO3S/c1-4-2-7(6(13)3-5(4)9)16-17(14,15)8(10,11)12/h2-3H,13H2,1H3. The lowest BCUT2D eigenvalue weighted by molar-refractivity contribution is -0.0499. The van der Waals surface area contributed by atoms with Gasteiger partial charge in [0, 0.05) is 4.47 Å². The fourth-order valence-corrected chi connectivity index (χ4v) is 1.74. The molecule has 17 heavy (non-hydrogen) atoms. The smallest absolute Gasteiger partial charge is 0.396 e. The van der Waals surface area contributed by atoms with E-state index in [-0.39, 0.29) is 5.69 Å². The molecule has 0 unspecified atom stereocenters. The summed E-state index contributed by atoms with van der Waals surface area (Å²) in [4.78, 5) is 0. The normalized spacial score (nSPS) is 12.5. The van der Waals surface area contributed by atoms with Crippen LogP contribution in [0.15, 0.2) is 16.6 Å². The van der Waals surface area contributed by atoms with Gasteiger partial charge in [0.2, 0.25) is 0 Å². The molecule has 1 aromatic rings. The molecule has 0 saturated heterocycles. The summed E-state index contributed by atoms with van der Waals surface area (Å²) in [7, 11) is -5.70.